The molecule has 2 aromatic rings. The predicted molar refractivity (Wildman–Crippen MR) is 73.3 cm³/mol. The summed E-state index contributed by atoms with van der Waals surface area (Å²) in [5.74, 6) is 0.709. The molecule has 0 aliphatic rings. The van der Waals surface area contributed by atoms with Crippen LogP contribution in [0.5, 0.6) is 0 Å². The van der Waals surface area contributed by atoms with Gasteiger partial charge in [-0.3, -0.25) is 0 Å². The molecule has 0 aliphatic heterocycles. The van der Waals surface area contributed by atoms with E-state index < -0.39 is 0 Å². The summed E-state index contributed by atoms with van der Waals surface area (Å²) < 4.78 is 0. The lowest BCUT2D eigenvalue weighted by Crippen LogP contribution is -1.96. The minimum atomic E-state index is 0.258. The summed E-state index contributed by atoms with van der Waals surface area (Å²) in [6.45, 7) is 1.89. The normalized spacial score (nSPS) is 10.3. The Kier molecular flexibility index (Phi) is 3.86. The predicted octanol–water partition coefficient (Wildman–Crippen LogP) is 3.90. The lowest BCUT2D eigenvalue weighted by Gasteiger charge is -2.07. The second kappa shape index (κ2) is 5.38. The van der Waals surface area contributed by atoms with Gasteiger partial charge in [-0.05, 0) is 43.0 Å². The van der Waals surface area contributed by atoms with Crippen molar-refractivity contribution >= 4 is 34.9 Å². The average molecular weight is 266 g/mol. The molecule has 0 fully saturated rings. The molecule has 0 amide bonds. The molecule has 0 saturated carbocycles. The highest BCUT2D eigenvalue weighted by atomic mass is 35.5. The number of hydrogen-bond acceptors (Lipinski definition) is 4. The number of hydrogen-bond donors (Lipinski definition) is 1. The first-order valence-corrected chi connectivity index (χ1v) is 6.70. The molecule has 17 heavy (non-hydrogen) atoms. The van der Waals surface area contributed by atoms with Crippen LogP contribution in [0.3, 0.4) is 0 Å². The molecule has 0 saturated heterocycles. The molecule has 0 spiro atoms. The lowest BCUT2D eigenvalue weighted by atomic mass is 10.3. The van der Waals surface area contributed by atoms with Crippen molar-refractivity contribution in [3.63, 3.8) is 0 Å². The quantitative estimate of drug-likeness (QED) is 0.675. The number of aromatic nitrogens is 2. The number of rotatable bonds is 3. The van der Waals surface area contributed by atoms with E-state index in [-0.39, 0.29) is 5.28 Å². The van der Waals surface area contributed by atoms with Crippen LogP contribution in [0.25, 0.3) is 0 Å². The summed E-state index contributed by atoms with van der Waals surface area (Å²) in [5, 5.41) is 3.47. The largest absolute Gasteiger partial charge is 0.340 e. The number of nitrogens with one attached hydrogen (secondary N) is 1. The number of halogens is 1. The molecule has 0 atom stereocenters. The van der Waals surface area contributed by atoms with Crippen LogP contribution in [0.15, 0.2) is 35.2 Å². The summed E-state index contributed by atoms with van der Waals surface area (Å²) in [6.07, 6.45) is 2.05. The van der Waals surface area contributed by atoms with Crippen molar-refractivity contribution in [1.29, 1.82) is 0 Å². The number of benzene rings is 1. The van der Waals surface area contributed by atoms with Crippen molar-refractivity contribution in [3.8, 4) is 0 Å². The Labute approximate surface area is 110 Å². The van der Waals surface area contributed by atoms with Gasteiger partial charge >= 0.3 is 0 Å². The van der Waals surface area contributed by atoms with E-state index in [0.717, 1.165) is 11.4 Å². The Balaban J connectivity index is 2.24. The second-order valence-corrected chi connectivity index (χ2v) is 4.74. The average Bonchev–Trinajstić information content (AvgIpc) is 2.28. The van der Waals surface area contributed by atoms with E-state index in [4.69, 9.17) is 11.6 Å². The van der Waals surface area contributed by atoms with E-state index in [2.05, 4.69) is 27.4 Å². The van der Waals surface area contributed by atoms with Gasteiger partial charge in [0.15, 0.2) is 0 Å². The standard InChI is InChI=1S/C12H12ClN3S/c1-8-6-11(16-12(13)14-8)15-9-4-3-5-10(7-9)17-2/h3-7H,1-2H3,(H,14,15,16). The van der Waals surface area contributed by atoms with Crippen LogP contribution in [-0.2, 0) is 0 Å². The van der Waals surface area contributed by atoms with Crippen LogP contribution in [0.1, 0.15) is 5.69 Å². The number of anilines is 2. The molecule has 88 valence electrons. The number of nitrogens with zero attached hydrogens (tertiary/aromatic N) is 2. The molecule has 1 aromatic carbocycles. The zero-order chi connectivity index (χ0) is 12.3. The Morgan fingerprint density at radius 2 is 2.06 bits per heavy atom. The van der Waals surface area contributed by atoms with Crippen LogP contribution in [-0.4, -0.2) is 16.2 Å². The summed E-state index contributed by atoms with van der Waals surface area (Å²) in [6, 6.07) is 9.98. The zero-order valence-electron chi connectivity index (χ0n) is 9.57. The minimum absolute atomic E-state index is 0.258. The highest BCUT2D eigenvalue weighted by molar-refractivity contribution is 7.98. The van der Waals surface area contributed by atoms with Crippen molar-refractivity contribution in [2.45, 2.75) is 11.8 Å². The van der Waals surface area contributed by atoms with Crippen molar-refractivity contribution < 1.29 is 0 Å². The molecule has 3 nitrogen and oxygen atoms in total. The molecule has 0 unspecified atom stereocenters. The highest BCUT2D eigenvalue weighted by Crippen LogP contribution is 2.22. The van der Waals surface area contributed by atoms with Crippen molar-refractivity contribution in [3.05, 3.63) is 41.3 Å². The SMILES string of the molecule is CSc1cccc(Nc2cc(C)nc(Cl)n2)c1. The summed E-state index contributed by atoms with van der Waals surface area (Å²) in [4.78, 5) is 9.34. The van der Waals surface area contributed by atoms with Gasteiger partial charge in [-0.25, -0.2) is 9.97 Å². The Morgan fingerprint density at radius 3 is 2.76 bits per heavy atom. The van der Waals surface area contributed by atoms with Gasteiger partial charge in [0.25, 0.3) is 0 Å². The highest BCUT2D eigenvalue weighted by Gasteiger charge is 2.01. The smallest absolute Gasteiger partial charge is 0.224 e. The van der Waals surface area contributed by atoms with Crippen LogP contribution in [0.4, 0.5) is 11.5 Å². The maximum Gasteiger partial charge on any atom is 0.224 e. The third-order valence-electron chi connectivity index (χ3n) is 2.17. The lowest BCUT2D eigenvalue weighted by molar-refractivity contribution is 1.10. The van der Waals surface area contributed by atoms with Gasteiger partial charge in [0, 0.05) is 22.3 Å². The van der Waals surface area contributed by atoms with Gasteiger partial charge in [-0.15, -0.1) is 11.8 Å². The Hall–Kier alpha value is -1.26. The molecule has 2 rings (SSSR count). The number of thioether (sulfide) groups is 1. The number of aryl methyl sites for hydroxylation is 1. The third-order valence-corrected chi connectivity index (χ3v) is 3.06. The molecule has 5 heteroatoms. The molecule has 1 N–H and O–H groups in total. The fourth-order valence-electron chi connectivity index (χ4n) is 1.45. The van der Waals surface area contributed by atoms with Gasteiger partial charge in [0.2, 0.25) is 5.28 Å². The molecular formula is C12H12ClN3S. The zero-order valence-corrected chi connectivity index (χ0v) is 11.1. The monoisotopic (exact) mass is 265 g/mol. The Morgan fingerprint density at radius 1 is 1.24 bits per heavy atom. The topological polar surface area (TPSA) is 37.8 Å². The van der Waals surface area contributed by atoms with Gasteiger partial charge in [-0.1, -0.05) is 6.07 Å². The first kappa shape index (κ1) is 12.2. The van der Waals surface area contributed by atoms with E-state index >= 15 is 0 Å². The van der Waals surface area contributed by atoms with E-state index in [1.165, 1.54) is 4.90 Å². The Bertz CT molecular complexity index is 511. The third kappa shape index (κ3) is 3.35. The van der Waals surface area contributed by atoms with Crippen molar-refractivity contribution in [1.82, 2.24) is 9.97 Å². The summed E-state index contributed by atoms with van der Waals surface area (Å²) >= 11 is 7.51. The first-order valence-electron chi connectivity index (χ1n) is 5.09. The molecule has 1 heterocycles. The van der Waals surface area contributed by atoms with Crippen molar-refractivity contribution in [2.24, 2.45) is 0 Å². The maximum atomic E-state index is 5.81. The molecular weight excluding hydrogens is 254 g/mol. The van der Waals surface area contributed by atoms with E-state index in [1.807, 2.05) is 31.4 Å². The fourth-order valence-corrected chi connectivity index (χ4v) is 2.13. The van der Waals surface area contributed by atoms with E-state index in [1.54, 1.807) is 11.8 Å². The van der Waals surface area contributed by atoms with E-state index in [9.17, 15) is 0 Å². The molecule has 1 aromatic heterocycles. The van der Waals surface area contributed by atoms with Crippen LogP contribution in [0, 0.1) is 6.92 Å². The fraction of sp³-hybridized carbons (Fsp3) is 0.167. The molecule has 0 bridgehead atoms. The van der Waals surface area contributed by atoms with Gasteiger partial charge < -0.3 is 5.32 Å². The van der Waals surface area contributed by atoms with Gasteiger partial charge in [0.1, 0.15) is 5.82 Å². The van der Waals surface area contributed by atoms with Crippen molar-refractivity contribution in [2.75, 3.05) is 11.6 Å². The van der Waals surface area contributed by atoms with Crippen LogP contribution >= 0.6 is 23.4 Å². The van der Waals surface area contributed by atoms with Crippen LogP contribution in [0.2, 0.25) is 5.28 Å². The van der Waals surface area contributed by atoms with Crippen LogP contribution < -0.4 is 5.32 Å². The molecule has 0 aliphatic carbocycles. The molecule has 0 radical (unpaired) electrons. The second-order valence-electron chi connectivity index (χ2n) is 3.52. The van der Waals surface area contributed by atoms with Gasteiger partial charge in [0.05, 0.1) is 0 Å². The summed E-state index contributed by atoms with van der Waals surface area (Å²) in [7, 11) is 0. The first-order chi connectivity index (χ1) is 8.17. The van der Waals surface area contributed by atoms with Gasteiger partial charge in [-0.2, -0.15) is 0 Å². The minimum Gasteiger partial charge on any atom is -0.340 e. The van der Waals surface area contributed by atoms with E-state index in [0.29, 0.717) is 5.82 Å². The summed E-state index contributed by atoms with van der Waals surface area (Å²) in [5.41, 5.74) is 1.83. The maximum absolute atomic E-state index is 5.81.